The van der Waals surface area contributed by atoms with E-state index in [1.165, 1.54) is 6.42 Å². The second kappa shape index (κ2) is 8.70. The lowest BCUT2D eigenvalue weighted by Crippen LogP contribution is -2.43. The maximum absolute atomic E-state index is 8.85. The highest BCUT2D eigenvalue weighted by Gasteiger charge is 2.34. The third-order valence-corrected chi connectivity index (χ3v) is 7.07. The van der Waals surface area contributed by atoms with Crippen molar-refractivity contribution in [1.29, 1.82) is 10.8 Å². The van der Waals surface area contributed by atoms with Crippen LogP contribution in [0.3, 0.4) is 0 Å². The third kappa shape index (κ3) is 3.74. The van der Waals surface area contributed by atoms with Crippen LogP contribution in [0.4, 0.5) is 5.69 Å². The van der Waals surface area contributed by atoms with Gasteiger partial charge in [-0.3, -0.25) is 20.7 Å². The van der Waals surface area contributed by atoms with Crippen LogP contribution in [0.1, 0.15) is 30.4 Å². The zero-order chi connectivity index (χ0) is 24.7. The van der Waals surface area contributed by atoms with Crippen molar-refractivity contribution in [3.63, 3.8) is 0 Å². The number of fused-ring (bicyclic) bond motifs is 1. The van der Waals surface area contributed by atoms with E-state index >= 15 is 0 Å². The largest absolute Gasteiger partial charge is 0.468 e. The Morgan fingerprint density at radius 2 is 1.67 bits per heavy atom. The molecular formula is C29H26N6O. The normalized spacial score (nSPS) is 16.0. The van der Waals surface area contributed by atoms with Crippen LogP contribution in [-0.4, -0.2) is 28.2 Å². The van der Waals surface area contributed by atoms with Gasteiger partial charge >= 0.3 is 0 Å². The van der Waals surface area contributed by atoms with Gasteiger partial charge in [0, 0.05) is 34.6 Å². The number of pyridine rings is 2. The summed E-state index contributed by atoms with van der Waals surface area (Å²) in [4.78, 5) is 10.6. The SMILES string of the molecule is N=C1COc2nc(-c3ccc(C4(N)CCC4)cc3)c(-c3ccccc3)cc2N1C(=N)c1ccncc1. The van der Waals surface area contributed by atoms with Crippen LogP contribution in [0.15, 0.2) is 85.2 Å². The van der Waals surface area contributed by atoms with Gasteiger partial charge in [-0.15, -0.1) is 0 Å². The molecule has 3 heterocycles. The summed E-state index contributed by atoms with van der Waals surface area (Å²) in [7, 11) is 0. The number of nitrogens with zero attached hydrogens (tertiary/aromatic N) is 3. The second-order valence-corrected chi connectivity index (χ2v) is 9.32. The first-order chi connectivity index (χ1) is 17.5. The maximum Gasteiger partial charge on any atom is 0.239 e. The fraction of sp³-hybridized carbons (Fsp3) is 0.172. The number of ether oxygens (including phenoxy) is 1. The van der Waals surface area contributed by atoms with Crippen LogP contribution in [0.2, 0.25) is 0 Å². The molecule has 1 aliphatic carbocycles. The number of amidine groups is 2. The molecule has 0 bridgehead atoms. The standard InChI is InChI=1S/C29H26N6O/c30-25-18-36-28-24(35(25)27(31)21-11-15-33-16-12-21)17-23(19-5-2-1-3-6-19)26(34-28)20-7-9-22(10-8-20)29(32)13-4-14-29/h1-3,5-12,15-17,30-31H,4,13-14,18,32H2. The van der Waals surface area contributed by atoms with Crippen molar-refractivity contribution in [3.05, 3.63) is 96.3 Å². The molecule has 4 aromatic rings. The molecule has 1 saturated carbocycles. The van der Waals surface area contributed by atoms with Crippen LogP contribution in [0.5, 0.6) is 5.88 Å². The molecule has 7 nitrogen and oxygen atoms in total. The van der Waals surface area contributed by atoms with E-state index in [0.29, 0.717) is 17.1 Å². The van der Waals surface area contributed by atoms with Gasteiger partial charge in [-0.25, -0.2) is 4.98 Å². The van der Waals surface area contributed by atoms with Gasteiger partial charge in [0.15, 0.2) is 0 Å². The Hall–Kier alpha value is -4.36. The fourth-order valence-electron chi connectivity index (χ4n) is 4.86. The highest BCUT2D eigenvalue weighted by atomic mass is 16.5. The number of nitrogens with two attached hydrogens (primary N) is 1. The molecule has 0 amide bonds. The summed E-state index contributed by atoms with van der Waals surface area (Å²) in [5, 5.41) is 17.4. The van der Waals surface area contributed by atoms with Gasteiger partial charge in [-0.05, 0) is 48.6 Å². The zero-order valence-corrected chi connectivity index (χ0v) is 19.7. The molecule has 6 rings (SSSR count). The van der Waals surface area contributed by atoms with Gasteiger partial charge in [0.2, 0.25) is 5.88 Å². The lowest BCUT2D eigenvalue weighted by atomic mass is 9.72. The highest BCUT2D eigenvalue weighted by Crippen LogP contribution is 2.42. The van der Waals surface area contributed by atoms with E-state index in [-0.39, 0.29) is 23.8 Å². The first-order valence-electron chi connectivity index (χ1n) is 12.0. The molecule has 0 atom stereocenters. The molecule has 1 aliphatic heterocycles. The first-order valence-corrected chi connectivity index (χ1v) is 12.0. The van der Waals surface area contributed by atoms with E-state index in [1.54, 1.807) is 29.4 Å². The summed E-state index contributed by atoms with van der Waals surface area (Å²) in [5.41, 5.74) is 12.4. The van der Waals surface area contributed by atoms with E-state index < -0.39 is 0 Å². The summed E-state index contributed by atoms with van der Waals surface area (Å²) in [5.74, 6) is 0.757. The Morgan fingerprint density at radius 3 is 2.33 bits per heavy atom. The molecule has 1 fully saturated rings. The smallest absolute Gasteiger partial charge is 0.239 e. The number of anilines is 1. The molecule has 0 radical (unpaired) electrons. The number of hydrogen-bond acceptors (Lipinski definition) is 6. The second-order valence-electron chi connectivity index (χ2n) is 9.32. The van der Waals surface area contributed by atoms with Crippen molar-refractivity contribution in [2.24, 2.45) is 5.73 Å². The minimum absolute atomic E-state index is 0.0339. The average Bonchev–Trinajstić information content (AvgIpc) is 2.92. The van der Waals surface area contributed by atoms with Crippen LogP contribution in [0.25, 0.3) is 22.4 Å². The molecule has 4 N–H and O–H groups in total. The van der Waals surface area contributed by atoms with Crippen LogP contribution in [-0.2, 0) is 5.54 Å². The minimum Gasteiger partial charge on any atom is -0.468 e. The lowest BCUT2D eigenvalue weighted by Gasteiger charge is -2.38. The van der Waals surface area contributed by atoms with E-state index in [9.17, 15) is 0 Å². The Bertz CT molecular complexity index is 1450. The van der Waals surface area contributed by atoms with Gasteiger partial charge in [-0.1, -0.05) is 54.6 Å². The number of nitrogens with one attached hydrogen (secondary N) is 2. The van der Waals surface area contributed by atoms with Crippen molar-refractivity contribution in [1.82, 2.24) is 9.97 Å². The van der Waals surface area contributed by atoms with Gasteiger partial charge in [-0.2, -0.15) is 0 Å². The molecule has 0 unspecified atom stereocenters. The molecule has 2 aliphatic rings. The molecule has 7 heteroatoms. The Morgan fingerprint density at radius 1 is 0.944 bits per heavy atom. The topological polar surface area (TPSA) is 112 Å². The van der Waals surface area contributed by atoms with Crippen molar-refractivity contribution < 1.29 is 4.74 Å². The Kier molecular flexibility index (Phi) is 5.34. The monoisotopic (exact) mass is 474 g/mol. The van der Waals surface area contributed by atoms with E-state index in [4.69, 9.17) is 26.3 Å². The summed E-state index contributed by atoms with van der Waals surface area (Å²) in [6.07, 6.45) is 6.48. The summed E-state index contributed by atoms with van der Waals surface area (Å²) in [6.45, 7) is 0.0339. The van der Waals surface area contributed by atoms with E-state index in [0.717, 1.165) is 40.8 Å². The van der Waals surface area contributed by atoms with Crippen molar-refractivity contribution in [3.8, 4) is 28.3 Å². The van der Waals surface area contributed by atoms with E-state index in [1.807, 2.05) is 36.4 Å². The molecule has 178 valence electrons. The summed E-state index contributed by atoms with van der Waals surface area (Å²) >= 11 is 0. The predicted molar refractivity (Wildman–Crippen MR) is 142 cm³/mol. The molecule has 0 saturated heterocycles. The third-order valence-electron chi connectivity index (χ3n) is 7.07. The molecule has 2 aromatic carbocycles. The highest BCUT2D eigenvalue weighted by molar-refractivity contribution is 6.24. The summed E-state index contributed by atoms with van der Waals surface area (Å²) in [6, 6.07) is 23.9. The number of aromatic nitrogens is 2. The van der Waals surface area contributed by atoms with Gasteiger partial charge in [0.1, 0.15) is 24.0 Å². The van der Waals surface area contributed by atoms with Gasteiger partial charge in [0.25, 0.3) is 0 Å². The average molecular weight is 475 g/mol. The molecule has 0 spiro atoms. The number of benzene rings is 2. The molecular weight excluding hydrogens is 448 g/mol. The Labute approximate surface area is 209 Å². The predicted octanol–water partition coefficient (Wildman–Crippen LogP) is 5.35. The Balaban J connectivity index is 1.49. The molecule has 2 aromatic heterocycles. The molecule has 36 heavy (non-hydrogen) atoms. The van der Waals surface area contributed by atoms with E-state index in [2.05, 4.69) is 29.2 Å². The first kappa shape index (κ1) is 22.1. The number of rotatable bonds is 4. The quantitative estimate of drug-likeness (QED) is 0.273. The fourth-order valence-corrected chi connectivity index (χ4v) is 4.86. The van der Waals surface area contributed by atoms with Crippen molar-refractivity contribution in [2.75, 3.05) is 11.5 Å². The van der Waals surface area contributed by atoms with Crippen LogP contribution < -0.4 is 15.4 Å². The number of hydrogen-bond donors (Lipinski definition) is 3. The van der Waals surface area contributed by atoms with Crippen molar-refractivity contribution in [2.45, 2.75) is 24.8 Å². The van der Waals surface area contributed by atoms with Crippen molar-refractivity contribution >= 4 is 17.4 Å². The van der Waals surface area contributed by atoms with Gasteiger partial charge in [0.05, 0.1) is 5.69 Å². The van der Waals surface area contributed by atoms with Crippen LogP contribution in [0, 0.1) is 10.8 Å². The minimum atomic E-state index is -0.221. The van der Waals surface area contributed by atoms with Gasteiger partial charge < -0.3 is 10.5 Å². The lowest BCUT2D eigenvalue weighted by molar-refractivity contribution is 0.253. The summed E-state index contributed by atoms with van der Waals surface area (Å²) < 4.78 is 5.90. The van der Waals surface area contributed by atoms with Crippen LogP contribution >= 0.6 is 0 Å². The maximum atomic E-state index is 8.85. The zero-order valence-electron chi connectivity index (χ0n) is 19.7.